The maximum atomic E-state index is 11.6. The highest BCUT2D eigenvalue weighted by molar-refractivity contribution is 5.48. The summed E-state index contributed by atoms with van der Waals surface area (Å²) in [5.74, 6) is 0.0807. The molecule has 1 heterocycles. The van der Waals surface area contributed by atoms with Gasteiger partial charge in [-0.2, -0.15) is 4.91 Å². The average Bonchev–Trinajstić information content (AvgIpc) is 2.70. The van der Waals surface area contributed by atoms with E-state index < -0.39 is 6.04 Å². The summed E-state index contributed by atoms with van der Waals surface area (Å²) >= 11 is 0. The SMILES string of the molecule is CN(C)c1ccc(C(CC(N=O)c2ccccn2)c2ccccc2)cc1. The number of nitroso groups, excluding NO2 is 1. The van der Waals surface area contributed by atoms with E-state index in [9.17, 15) is 4.91 Å². The maximum absolute atomic E-state index is 11.6. The largest absolute Gasteiger partial charge is 0.378 e. The summed E-state index contributed by atoms with van der Waals surface area (Å²) in [6.45, 7) is 0. The highest BCUT2D eigenvalue weighted by atomic mass is 16.3. The van der Waals surface area contributed by atoms with Crippen molar-refractivity contribution in [2.45, 2.75) is 18.4 Å². The molecule has 4 heteroatoms. The van der Waals surface area contributed by atoms with Crippen LogP contribution >= 0.6 is 0 Å². The Hall–Kier alpha value is -3.01. The fraction of sp³-hybridized carbons (Fsp3) is 0.227. The normalized spacial score (nSPS) is 13.0. The summed E-state index contributed by atoms with van der Waals surface area (Å²) in [6, 6.07) is 23.9. The fourth-order valence-corrected chi connectivity index (χ4v) is 3.17. The first-order valence-corrected chi connectivity index (χ1v) is 8.74. The molecule has 0 amide bonds. The number of hydrogen-bond acceptors (Lipinski definition) is 4. The molecule has 26 heavy (non-hydrogen) atoms. The van der Waals surface area contributed by atoms with Gasteiger partial charge in [-0.15, -0.1) is 0 Å². The van der Waals surface area contributed by atoms with Crippen LogP contribution < -0.4 is 4.90 Å². The topological polar surface area (TPSA) is 45.6 Å². The zero-order chi connectivity index (χ0) is 18.4. The lowest BCUT2D eigenvalue weighted by Crippen LogP contribution is -2.10. The Balaban J connectivity index is 1.94. The third-order valence-electron chi connectivity index (χ3n) is 4.63. The maximum Gasteiger partial charge on any atom is 0.135 e. The number of aromatic nitrogens is 1. The van der Waals surface area contributed by atoms with Gasteiger partial charge in [-0.05, 0) is 41.8 Å². The lowest BCUT2D eigenvalue weighted by molar-refractivity contribution is 0.581. The van der Waals surface area contributed by atoms with E-state index in [1.165, 1.54) is 11.1 Å². The minimum atomic E-state index is -0.477. The molecule has 3 aromatic rings. The molecule has 0 aliphatic heterocycles. The van der Waals surface area contributed by atoms with Gasteiger partial charge in [0.1, 0.15) is 6.04 Å². The summed E-state index contributed by atoms with van der Waals surface area (Å²) in [5.41, 5.74) is 4.21. The van der Waals surface area contributed by atoms with Crippen LogP contribution in [0, 0.1) is 4.91 Å². The van der Waals surface area contributed by atoms with Gasteiger partial charge < -0.3 is 4.90 Å². The first-order chi connectivity index (χ1) is 12.7. The van der Waals surface area contributed by atoms with Crippen molar-refractivity contribution in [1.82, 2.24) is 4.98 Å². The molecule has 0 saturated heterocycles. The third kappa shape index (κ3) is 4.14. The smallest absolute Gasteiger partial charge is 0.135 e. The molecular formula is C22H23N3O. The minimum absolute atomic E-state index is 0.0807. The highest BCUT2D eigenvalue weighted by Gasteiger charge is 2.22. The zero-order valence-electron chi connectivity index (χ0n) is 15.1. The number of anilines is 1. The molecule has 2 aromatic carbocycles. The zero-order valence-corrected chi connectivity index (χ0v) is 15.1. The van der Waals surface area contributed by atoms with Crippen LogP contribution in [0.25, 0.3) is 0 Å². The summed E-state index contributed by atoms with van der Waals surface area (Å²) in [7, 11) is 4.05. The van der Waals surface area contributed by atoms with Crippen molar-refractivity contribution >= 4 is 5.69 Å². The van der Waals surface area contributed by atoms with Gasteiger partial charge in [0.25, 0.3) is 0 Å². The Morgan fingerprint density at radius 1 is 0.885 bits per heavy atom. The standard InChI is InChI=1S/C22H23N3O/c1-25(2)19-13-11-18(12-14-19)20(17-8-4-3-5-9-17)16-22(24-26)21-10-6-7-15-23-21/h3-15,20,22H,16H2,1-2H3. The van der Waals surface area contributed by atoms with Crippen LogP contribution in [-0.4, -0.2) is 19.1 Å². The number of rotatable bonds is 7. The van der Waals surface area contributed by atoms with Crippen LogP contribution in [0.4, 0.5) is 5.69 Å². The molecule has 0 bridgehead atoms. The lowest BCUT2D eigenvalue weighted by Gasteiger charge is -2.22. The molecular weight excluding hydrogens is 322 g/mol. The van der Waals surface area contributed by atoms with E-state index in [2.05, 4.69) is 51.5 Å². The van der Waals surface area contributed by atoms with Gasteiger partial charge in [-0.3, -0.25) is 4.98 Å². The van der Waals surface area contributed by atoms with Crippen molar-refractivity contribution in [2.24, 2.45) is 5.18 Å². The molecule has 4 nitrogen and oxygen atoms in total. The molecule has 3 rings (SSSR count). The van der Waals surface area contributed by atoms with Gasteiger partial charge in [-0.25, -0.2) is 0 Å². The van der Waals surface area contributed by atoms with Crippen molar-refractivity contribution in [1.29, 1.82) is 0 Å². The van der Waals surface area contributed by atoms with Gasteiger partial charge in [-0.1, -0.05) is 53.7 Å². The van der Waals surface area contributed by atoms with Crippen LogP contribution in [0.3, 0.4) is 0 Å². The molecule has 132 valence electrons. The first-order valence-electron chi connectivity index (χ1n) is 8.74. The summed E-state index contributed by atoms with van der Waals surface area (Å²) in [5, 5.41) is 3.37. The van der Waals surface area contributed by atoms with E-state index in [1.54, 1.807) is 6.20 Å². The number of nitrogens with zero attached hydrogens (tertiary/aromatic N) is 3. The Morgan fingerprint density at radius 3 is 2.12 bits per heavy atom. The van der Waals surface area contributed by atoms with Crippen molar-refractivity contribution in [3.63, 3.8) is 0 Å². The van der Waals surface area contributed by atoms with Gasteiger partial charge >= 0.3 is 0 Å². The molecule has 1 aromatic heterocycles. The molecule has 2 unspecified atom stereocenters. The Morgan fingerprint density at radius 2 is 1.54 bits per heavy atom. The van der Waals surface area contributed by atoms with E-state index in [0.717, 1.165) is 5.69 Å². The molecule has 2 atom stereocenters. The van der Waals surface area contributed by atoms with Gasteiger partial charge in [0, 0.05) is 31.9 Å². The van der Waals surface area contributed by atoms with E-state index in [4.69, 9.17) is 0 Å². The first kappa shape index (κ1) is 17.8. The van der Waals surface area contributed by atoms with Crippen molar-refractivity contribution in [2.75, 3.05) is 19.0 Å². The van der Waals surface area contributed by atoms with Crippen molar-refractivity contribution < 1.29 is 0 Å². The second kappa shape index (κ2) is 8.39. The number of pyridine rings is 1. The van der Waals surface area contributed by atoms with Gasteiger partial charge in [0.15, 0.2) is 0 Å². The van der Waals surface area contributed by atoms with Crippen LogP contribution in [0.5, 0.6) is 0 Å². The Labute approximate surface area is 154 Å². The predicted molar refractivity (Wildman–Crippen MR) is 106 cm³/mol. The van der Waals surface area contributed by atoms with Crippen molar-refractivity contribution in [3.05, 3.63) is 101 Å². The molecule has 0 saturated carbocycles. The van der Waals surface area contributed by atoms with Gasteiger partial charge in [0.2, 0.25) is 0 Å². The molecule has 0 aliphatic carbocycles. The Bertz CT molecular complexity index is 817. The fourth-order valence-electron chi connectivity index (χ4n) is 3.17. The van der Waals surface area contributed by atoms with Crippen LogP contribution in [0.2, 0.25) is 0 Å². The van der Waals surface area contributed by atoms with E-state index >= 15 is 0 Å². The van der Waals surface area contributed by atoms with Crippen LogP contribution in [0.1, 0.15) is 35.2 Å². The monoisotopic (exact) mass is 345 g/mol. The highest BCUT2D eigenvalue weighted by Crippen LogP contribution is 2.35. The van der Waals surface area contributed by atoms with Crippen LogP contribution in [-0.2, 0) is 0 Å². The lowest BCUT2D eigenvalue weighted by atomic mass is 9.85. The third-order valence-corrected chi connectivity index (χ3v) is 4.63. The van der Waals surface area contributed by atoms with E-state index in [1.807, 2.05) is 50.5 Å². The van der Waals surface area contributed by atoms with E-state index in [0.29, 0.717) is 12.1 Å². The second-order valence-electron chi connectivity index (χ2n) is 6.56. The molecule has 0 aliphatic rings. The predicted octanol–water partition coefficient (Wildman–Crippen LogP) is 5.18. The summed E-state index contributed by atoms with van der Waals surface area (Å²) in [4.78, 5) is 18.0. The van der Waals surface area contributed by atoms with E-state index in [-0.39, 0.29) is 5.92 Å². The van der Waals surface area contributed by atoms with Gasteiger partial charge in [0.05, 0.1) is 5.69 Å². The second-order valence-corrected chi connectivity index (χ2v) is 6.56. The summed E-state index contributed by atoms with van der Waals surface area (Å²) < 4.78 is 0. The molecule has 0 fully saturated rings. The number of hydrogen-bond donors (Lipinski definition) is 0. The number of benzene rings is 2. The van der Waals surface area contributed by atoms with Crippen LogP contribution in [0.15, 0.2) is 84.2 Å². The quantitative estimate of drug-likeness (QED) is 0.554. The summed E-state index contributed by atoms with van der Waals surface area (Å²) in [6.07, 6.45) is 2.29. The van der Waals surface area contributed by atoms with Crippen molar-refractivity contribution in [3.8, 4) is 0 Å². The molecule has 0 spiro atoms. The minimum Gasteiger partial charge on any atom is -0.378 e. The molecule has 0 radical (unpaired) electrons. The molecule has 0 N–H and O–H groups in total. The Kier molecular flexibility index (Phi) is 5.74. The average molecular weight is 345 g/mol.